The Hall–Kier alpha value is -3.46. The number of carbonyl (C=O) groups is 1. The highest BCUT2D eigenvalue weighted by molar-refractivity contribution is 6.07. The number of hydrogen-bond acceptors (Lipinski definition) is 3. The van der Waals surface area contributed by atoms with Crippen molar-refractivity contribution in [3.63, 3.8) is 0 Å². The van der Waals surface area contributed by atoms with Crippen molar-refractivity contribution in [3.8, 4) is 22.4 Å². The summed E-state index contributed by atoms with van der Waals surface area (Å²) in [5.41, 5.74) is 6.73. The standard InChI is InChI=1S/C24H20N2O/c1-16(27)21-15-24(26-23-10-6-4-8-20(21)23)18-13-11-17(12-14-18)19-7-3-5-9-22(19)25-2/h3-15,25H,1-2H3. The van der Waals surface area contributed by atoms with E-state index < -0.39 is 0 Å². The molecule has 1 heterocycles. The van der Waals surface area contributed by atoms with Crippen LogP contribution in [-0.4, -0.2) is 17.8 Å². The van der Waals surface area contributed by atoms with Crippen LogP contribution in [0.3, 0.4) is 0 Å². The zero-order valence-electron chi connectivity index (χ0n) is 15.4. The summed E-state index contributed by atoms with van der Waals surface area (Å²) in [5, 5.41) is 4.13. The molecule has 0 aliphatic carbocycles. The number of carbonyl (C=O) groups excluding carboxylic acids is 1. The fraction of sp³-hybridized carbons (Fsp3) is 0.0833. The number of hydrogen-bond donors (Lipinski definition) is 1. The number of nitrogens with zero attached hydrogens (tertiary/aromatic N) is 1. The lowest BCUT2D eigenvalue weighted by atomic mass is 9.99. The molecule has 0 bridgehead atoms. The summed E-state index contributed by atoms with van der Waals surface area (Å²) >= 11 is 0. The molecule has 3 nitrogen and oxygen atoms in total. The molecule has 132 valence electrons. The Morgan fingerprint density at radius 3 is 2.26 bits per heavy atom. The van der Waals surface area contributed by atoms with Crippen LogP contribution >= 0.6 is 0 Å². The zero-order valence-corrected chi connectivity index (χ0v) is 15.4. The lowest BCUT2D eigenvalue weighted by molar-refractivity contribution is 0.101. The Kier molecular flexibility index (Phi) is 4.43. The van der Waals surface area contributed by atoms with Crippen LogP contribution in [0.4, 0.5) is 5.69 Å². The van der Waals surface area contributed by atoms with Crippen LogP contribution in [-0.2, 0) is 0 Å². The van der Waals surface area contributed by atoms with Gasteiger partial charge in [-0.05, 0) is 30.7 Å². The first kappa shape index (κ1) is 17.0. The molecule has 0 saturated heterocycles. The van der Waals surface area contributed by atoms with Gasteiger partial charge in [0.25, 0.3) is 0 Å². The Balaban J connectivity index is 1.79. The molecule has 0 saturated carbocycles. The largest absolute Gasteiger partial charge is 0.388 e. The van der Waals surface area contributed by atoms with Crippen molar-refractivity contribution in [2.24, 2.45) is 0 Å². The van der Waals surface area contributed by atoms with Crippen LogP contribution in [0.5, 0.6) is 0 Å². The summed E-state index contributed by atoms with van der Waals surface area (Å²) in [6.07, 6.45) is 0. The Morgan fingerprint density at radius 1 is 0.852 bits per heavy atom. The van der Waals surface area contributed by atoms with Crippen molar-refractivity contribution in [2.75, 3.05) is 12.4 Å². The van der Waals surface area contributed by atoms with Gasteiger partial charge in [-0.2, -0.15) is 0 Å². The van der Waals surface area contributed by atoms with E-state index in [1.165, 1.54) is 0 Å². The van der Waals surface area contributed by atoms with E-state index in [4.69, 9.17) is 4.98 Å². The van der Waals surface area contributed by atoms with E-state index in [1.807, 2.05) is 49.5 Å². The lowest BCUT2D eigenvalue weighted by Gasteiger charge is -2.11. The number of pyridine rings is 1. The van der Waals surface area contributed by atoms with E-state index in [1.54, 1.807) is 6.92 Å². The van der Waals surface area contributed by atoms with Crippen LogP contribution < -0.4 is 5.32 Å². The summed E-state index contributed by atoms with van der Waals surface area (Å²) in [6.45, 7) is 1.60. The lowest BCUT2D eigenvalue weighted by Crippen LogP contribution is -1.97. The van der Waals surface area contributed by atoms with Crippen molar-refractivity contribution >= 4 is 22.4 Å². The molecule has 1 aromatic heterocycles. The molecule has 0 unspecified atom stereocenters. The topological polar surface area (TPSA) is 42.0 Å². The third-order valence-corrected chi connectivity index (χ3v) is 4.78. The number of ketones is 1. The first-order chi connectivity index (χ1) is 13.2. The quantitative estimate of drug-likeness (QED) is 0.471. The van der Waals surface area contributed by atoms with Gasteiger partial charge in [0, 0.05) is 34.8 Å². The van der Waals surface area contributed by atoms with Gasteiger partial charge in [-0.25, -0.2) is 4.98 Å². The minimum atomic E-state index is 0.0504. The van der Waals surface area contributed by atoms with Gasteiger partial charge in [0.2, 0.25) is 0 Å². The summed E-state index contributed by atoms with van der Waals surface area (Å²) in [5.74, 6) is 0.0504. The van der Waals surface area contributed by atoms with E-state index in [9.17, 15) is 4.79 Å². The molecular formula is C24H20N2O. The monoisotopic (exact) mass is 352 g/mol. The summed E-state index contributed by atoms with van der Waals surface area (Å²) < 4.78 is 0. The number of nitrogens with one attached hydrogen (secondary N) is 1. The van der Waals surface area contributed by atoms with Crippen molar-refractivity contribution < 1.29 is 4.79 Å². The summed E-state index contributed by atoms with van der Waals surface area (Å²) in [6, 6.07) is 26.2. The van der Waals surface area contributed by atoms with E-state index in [0.717, 1.165) is 39.0 Å². The van der Waals surface area contributed by atoms with Crippen LogP contribution in [0, 0.1) is 0 Å². The highest BCUT2D eigenvalue weighted by Crippen LogP contribution is 2.30. The predicted octanol–water partition coefficient (Wildman–Crippen LogP) is 5.81. The zero-order chi connectivity index (χ0) is 18.8. The van der Waals surface area contributed by atoms with Gasteiger partial charge in [-0.15, -0.1) is 0 Å². The number of para-hydroxylation sites is 2. The molecule has 0 aliphatic rings. The van der Waals surface area contributed by atoms with Gasteiger partial charge in [-0.1, -0.05) is 60.7 Å². The average Bonchev–Trinajstić information content (AvgIpc) is 2.73. The molecule has 3 heteroatoms. The second kappa shape index (κ2) is 7.04. The molecule has 0 atom stereocenters. The van der Waals surface area contributed by atoms with Crippen LogP contribution in [0.15, 0.2) is 78.9 Å². The number of rotatable bonds is 4. The minimum absolute atomic E-state index is 0.0504. The number of aromatic nitrogens is 1. The van der Waals surface area contributed by atoms with Gasteiger partial charge in [-0.3, -0.25) is 4.79 Å². The highest BCUT2D eigenvalue weighted by Gasteiger charge is 2.11. The number of Topliss-reactive ketones (excluding diaryl/α,β-unsaturated/α-hetero) is 1. The predicted molar refractivity (Wildman–Crippen MR) is 112 cm³/mol. The van der Waals surface area contributed by atoms with Crippen LogP contribution in [0.1, 0.15) is 17.3 Å². The normalized spacial score (nSPS) is 10.7. The molecule has 0 amide bonds. The van der Waals surface area contributed by atoms with Gasteiger partial charge in [0.1, 0.15) is 0 Å². The first-order valence-corrected chi connectivity index (χ1v) is 8.95. The van der Waals surface area contributed by atoms with E-state index in [0.29, 0.717) is 5.56 Å². The summed E-state index contributed by atoms with van der Waals surface area (Å²) in [7, 11) is 1.93. The minimum Gasteiger partial charge on any atom is -0.388 e. The van der Waals surface area contributed by atoms with Crippen molar-refractivity contribution in [1.29, 1.82) is 0 Å². The van der Waals surface area contributed by atoms with Crippen LogP contribution in [0.2, 0.25) is 0 Å². The SMILES string of the molecule is CNc1ccccc1-c1ccc(-c2cc(C(C)=O)c3ccccc3n2)cc1. The molecule has 0 aliphatic heterocycles. The maximum atomic E-state index is 12.1. The number of fused-ring (bicyclic) bond motifs is 1. The Labute approximate surface area is 158 Å². The fourth-order valence-corrected chi connectivity index (χ4v) is 3.39. The number of benzene rings is 3. The van der Waals surface area contributed by atoms with Gasteiger partial charge >= 0.3 is 0 Å². The highest BCUT2D eigenvalue weighted by atomic mass is 16.1. The maximum Gasteiger partial charge on any atom is 0.160 e. The van der Waals surface area contributed by atoms with Gasteiger partial charge < -0.3 is 5.32 Å². The van der Waals surface area contributed by atoms with Crippen molar-refractivity contribution in [2.45, 2.75) is 6.92 Å². The third-order valence-electron chi connectivity index (χ3n) is 4.78. The molecule has 0 fully saturated rings. The number of anilines is 1. The molecular weight excluding hydrogens is 332 g/mol. The van der Waals surface area contributed by atoms with E-state index >= 15 is 0 Å². The second-order valence-corrected chi connectivity index (χ2v) is 6.50. The molecule has 27 heavy (non-hydrogen) atoms. The second-order valence-electron chi connectivity index (χ2n) is 6.50. The average molecular weight is 352 g/mol. The Bertz CT molecular complexity index is 1130. The van der Waals surface area contributed by atoms with Crippen molar-refractivity contribution in [3.05, 3.63) is 84.4 Å². The van der Waals surface area contributed by atoms with E-state index in [2.05, 4.69) is 41.7 Å². The molecule has 4 rings (SSSR count). The van der Waals surface area contributed by atoms with Gasteiger partial charge in [0.15, 0.2) is 5.78 Å². The molecule has 1 N–H and O–H groups in total. The Morgan fingerprint density at radius 2 is 1.52 bits per heavy atom. The van der Waals surface area contributed by atoms with Gasteiger partial charge in [0.05, 0.1) is 11.2 Å². The molecule has 0 spiro atoms. The maximum absolute atomic E-state index is 12.1. The first-order valence-electron chi connectivity index (χ1n) is 8.95. The molecule has 3 aromatic carbocycles. The smallest absolute Gasteiger partial charge is 0.160 e. The third kappa shape index (κ3) is 3.20. The fourth-order valence-electron chi connectivity index (χ4n) is 3.39. The molecule has 0 radical (unpaired) electrons. The molecule has 4 aromatic rings. The summed E-state index contributed by atoms with van der Waals surface area (Å²) in [4.78, 5) is 16.9. The van der Waals surface area contributed by atoms with E-state index in [-0.39, 0.29) is 5.78 Å². The van der Waals surface area contributed by atoms with Crippen LogP contribution in [0.25, 0.3) is 33.3 Å². The van der Waals surface area contributed by atoms with Crippen molar-refractivity contribution in [1.82, 2.24) is 4.98 Å².